The normalized spacial score (nSPS) is 15.2. The SMILES string of the molecule is C.CC(C)CC(N)CCS(=O)(=O)O.CC(C)C[C@@H](N)CCS(=O)(=O)O.CC(C)C[C@H](N)CC(C)S(=O)(=O)O.CC(C)C[C@H](N)CCS(=O)(=O)O.CCCCC(N)CCS(=O)(=O)O. The molecule has 0 fully saturated rings. The second-order valence-corrected chi connectivity index (χ2v) is 25.4. The Balaban J connectivity index is -0.000000157. The third-order valence-electron chi connectivity index (χ3n) is 8.15. The molecular weight excluding hydrogens is 915 g/mol. The number of hydrogen-bond donors (Lipinski definition) is 10. The Hall–Kier alpha value is -0.650. The average Bonchev–Trinajstić information content (AvgIpc) is 3.02. The van der Waals surface area contributed by atoms with E-state index in [1.165, 1.54) is 6.92 Å². The van der Waals surface area contributed by atoms with Gasteiger partial charge in [0.2, 0.25) is 0 Å². The van der Waals surface area contributed by atoms with Gasteiger partial charge in [0.15, 0.2) is 0 Å². The molecule has 0 amide bonds. The summed E-state index contributed by atoms with van der Waals surface area (Å²) in [6, 6.07) is -0.658. The zero-order chi connectivity index (χ0) is 49.6. The first-order chi connectivity index (χ1) is 27.1. The van der Waals surface area contributed by atoms with Crippen molar-refractivity contribution in [2.45, 2.75) is 189 Å². The summed E-state index contributed by atoms with van der Waals surface area (Å²) in [7, 11) is -19.2. The smallest absolute Gasteiger partial charge is 0.267 e. The highest BCUT2D eigenvalue weighted by Gasteiger charge is 2.21. The van der Waals surface area contributed by atoms with Crippen LogP contribution in [-0.2, 0) is 50.6 Å². The molecule has 20 nitrogen and oxygen atoms in total. The topological polar surface area (TPSA) is 402 Å². The number of unbranched alkanes of at least 4 members (excludes halogenated alkanes) is 1. The van der Waals surface area contributed by atoms with Crippen LogP contribution >= 0.6 is 0 Å². The van der Waals surface area contributed by atoms with Gasteiger partial charge in [-0.3, -0.25) is 22.8 Å². The van der Waals surface area contributed by atoms with Crippen LogP contribution in [0.15, 0.2) is 0 Å². The number of hydrogen-bond acceptors (Lipinski definition) is 15. The fraction of sp³-hybridized carbons (Fsp3) is 1.00. The summed E-state index contributed by atoms with van der Waals surface area (Å²) in [5.41, 5.74) is 28.1. The van der Waals surface area contributed by atoms with Gasteiger partial charge in [-0.15, -0.1) is 0 Å². The molecule has 0 bridgehead atoms. The molecule has 3 unspecified atom stereocenters. The van der Waals surface area contributed by atoms with E-state index in [0.717, 1.165) is 44.9 Å². The van der Waals surface area contributed by atoms with Crippen molar-refractivity contribution in [3.05, 3.63) is 0 Å². The van der Waals surface area contributed by atoms with Crippen molar-refractivity contribution >= 4 is 50.6 Å². The van der Waals surface area contributed by atoms with Gasteiger partial charge in [0.1, 0.15) is 0 Å². The van der Waals surface area contributed by atoms with Crippen LogP contribution < -0.4 is 28.7 Å². The van der Waals surface area contributed by atoms with Crippen molar-refractivity contribution in [1.82, 2.24) is 0 Å². The van der Waals surface area contributed by atoms with Gasteiger partial charge in [-0.05, 0) is 94.8 Å². The lowest BCUT2D eigenvalue weighted by Gasteiger charge is -2.16. The van der Waals surface area contributed by atoms with Crippen LogP contribution in [0, 0.1) is 23.7 Å². The monoisotopic (exact) mass is 1010 g/mol. The van der Waals surface area contributed by atoms with Gasteiger partial charge in [0, 0.05) is 30.2 Å². The van der Waals surface area contributed by atoms with E-state index in [-0.39, 0.29) is 60.6 Å². The second kappa shape index (κ2) is 37.4. The minimum absolute atomic E-state index is 0. The number of rotatable bonds is 26. The van der Waals surface area contributed by atoms with Crippen molar-refractivity contribution in [3.63, 3.8) is 0 Å². The van der Waals surface area contributed by atoms with Crippen molar-refractivity contribution in [3.8, 4) is 0 Å². The first kappa shape index (κ1) is 72.9. The molecule has 0 aliphatic carbocycles. The fourth-order valence-electron chi connectivity index (χ4n) is 5.23. The Labute approximate surface area is 378 Å². The standard InChI is InChI=1S/C8H19NO3S.4C7H17NO3S.CH4/c1-6(2)4-8(9)5-7(3)13(10,11)12;3*1-6(2)5-7(8)3-4-12(9,10)11;1-2-3-4-7(8)5-6-12(9,10)11;/h6-8H,4-5,9H2,1-3H3,(H,10,11,12);3*6-7H,3-5,8H2,1-2H3,(H,9,10,11);7H,2-6,8H2,1H3,(H,9,10,11);1H4/t7?,8-;2*7-;;;/m010.../s1. The highest BCUT2D eigenvalue weighted by molar-refractivity contribution is 7.86. The van der Waals surface area contributed by atoms with Crippen LogP contribution in [0.25, 0.3) is 0 Å². The van der Waals surface area contributed by atoms with E-state index in [9.17, 15) is 42.1 Å². The van der Waals surface area contributed by atoms with Gasteiger partial charge in [-0.2, -0.15) is 42.1 Å². The summed E-state index contributed by atoms with van der Waals surface area (Å²) < 4.78 is 146. The maximum absolute atomic E-state index is 10.7. The third-order valence-corrected chi connectivity index (χ3v) is 12.4. The van der Waals surface area contributed by atoms with E-state index < -0.39 is 55.8 Å². The molecule has 0 aromatic heterocycles. The Bertz CT molecular complexity index is 1520. The van der Waals surface area contributed by atoms with Gasteiger partial charge in [0.05, 0.1) is 28.3 Å². The van der Waals surface area contributed by atoms with Crippen LogP contribution in [0.4, 0.5) is 0 Å². The molecule has 15 N–H and O–H groups in total. The van der Waals surface area contributed by atoms with Gasteiger partial charge >= 0.3 is 0 Å². The molecule has 0 aliphatic rings. The molecule has 0 saturated carbocycles. The highest BCUT2D eigenvalue weighted by atomic mass is 32.2. The lowest BCUT2D eigenvalue weighted by atomic mass is 10.0. The lowest BCUT2D eigenvalue weighted by molar-refractivity contribution is 0.434. The minimum atomic E-state index is -3.91. The van der Waals surface area contributed by atoms with E-state index in [1.807, 2.05) is 55.4 Å². The van der Waals surface area contributed by atoms with Gasteiger partial charge in [0.25, 0.3) is 50.6 Å². The first-order valence-corrected chi connectivity index (χ1v) is 28.6. The summed E-state index contributed by atoms with van der Waals surface area (Å²) in [6.45, 7) is 19.7. The van der Waals surface area contributed by atoms with Crippen LogP contribution in [0.1, 0.15) is 154 Å². The molecule has 0 rings (SSSR count). The summed E-state index contributed by atoms with van der Waals surface area (Å²) >= 11 is 0. The largest absolute Gasteiger partial charge is 0.328 e. The van der Waals surface area contributed by atoms with Crippen LogP contribution in [0.5, 0.6) is 0 Å². The highest BCUT2D eigenvalue weighted by Crippen LogP contribution is 2.12. The molecule has 0 radical (unpaired) electrons. The summed E-state index contributed by atoms with van der Waals surface area (Å²) in [6.07, 6.45) is 7.68. The van der Waals surface area contributed by atoms with E-state index in [0.29, 0.717) is 55.8 Å². The Kier molecular flexibility index (Phi) is 44.0. The quantitative estimate of drug-likeness (QED) is 0.0538. The lowest BCUT2D eigenvalue weighted by Crippen LogP contribution is -2.30. The maximum Gasteiger partial charge on any atom is 0.267 e. The second-order valence-electron chi connectivity index (χ2n) is 17.3. The van der Waals surface area contributed by atoms with Crippen molar-refractivity contribution < 1.29 is 64.9 Å². The predicted octanol–water partition coefficient (Wildman–Crippen LogP) is 4.36. The number of nitrogens with two attached hydrogens (primary N) is 5. The summed E-state index contributed by atoms with van der Waals surface area (Å²) in [4.78, 5) is 0. The predicted molar refractivity (Wildman–Crippen MR) is 254 cm³/mol. The molecule has 384 valence electrons. The summed E-state index contributed by atoms with van der Waals surface area (Å²) in [5, 5.41) is -0.763. The minimum Gasteiger partial charge on any atom is -0.328 e. The average molecular weight is 1010 g/mol. The molecule has 62 heavy (non-hydrogen) atoms. The zero-order valence-corrected chi connectivity index (χ0v) is 42.4. The fourth-order valence-corrected chi connectivity index (χ4v) is 8.12. The van der Waals surface area contributed by atoms with Crippen molar-refractivity contribution in [2.75, 3.05) is 23.0 Å². The Morgan fingerprint density at radius 2 is 0.597 bits per heavy atom. The van der Waals surface area contributed by atoms with Crippen molar-refractivity contribution in [1.29, 1.82) is 0 Å². The molecule has 0 heterocycles. The molecule has 0 aromatic carbocycles. The van der Waals surface area contributed by atoms with Gasteiger partial charge in [-0.1, -0.05) is 82.6 Å². The van der Waals surface area contributed by atoms with Gasteiger partial charge in [-0.25, -0.2) is 0 Å². The van der Waals surface area contributed by atoms with Gasteiger partial charge < -0.3 is 28.7 Å². The van der Waals surface area contributed by atoms with E-state index >= 15 is 0 Å². The van der Waals surface area contributed by atoms with Crippen molar-refractivity contribution in [2.24, 2.45) is 52.3 Å². The molecule has 0 aliphatic heterocycles. The maximum atomic E-state index is 10.7. The molecule has 0 saturated heterocycles. The van der Waals surface area contributed by atoms with E-state index in [1.54, 1.807) is 0 Å². The molecular formula is C37H91N5O15S5. The van der Waals surface area contributed by atoms with Crippen LogP contribution in [-0.4, -0.2) is 123 Å². The molecule has 6 atom stereocenters. The van der Waals surface area contributed by atoms with Crippen LogP contribution in [0.3, 0.4) is 0 Å². The molecule has 25 heteroatoms. The molecule has 0 spiro atoms. The Morgan fingerprint density at radius 3 is 0.790 bits per heavy atom. The first-order valence-electron chi connectivity index (χ1n) is 20.7. The zero-order valence-electron chi connectivity index (χ0n) is 38.3. The molecule has 0 aromatic rings. The van der Waals surface area contributed by atoms with E-state index in [4.69, 9.17) is 51.4 Å². The van der Waals surface area contributed by atoms with Crippen LogP contribution in [0.2, 0.25) is 0 Å². The van der Waals surface area contributed by atoms with E-state index in [2.05, 4.69) is 6.92 Å². The summed E-state index contributed by atoms with van der Waals surface area (Å²) in [5.74, 6) is 0.897. The Morgan fingerprint density at radius 1 is 0.371 bits per heavy atom. The third kappa shape index (κ3) is 71.0.